The van der Waals surface area contributed by atoms with E-state index < -0.39 is 5.82 Å². The van der Waals surface area contributed by atoms with Crippen LogP contribution >= 0.6 is 0 Å². The molecule has 2 heterocycles. The minimum Gasteiger partial charge on any atom is -0.854 e. The van der Waals surface area contributed by atoms with E-state index in [0.717, 1.165) is 42.3 Å². The minimum absolute atomic E-state index is 0. The molecule has 5 rings (SSSR count). The van der Waals surface area contributed by atoms with Crippen LogP contribution in [-0.2, 0) is 6.54 Å². The number of aromatic nitrogens is 2. The number of fused-ring (bicyclic) bond motifs is 2. The number of nitrogens with zero attached hydrogens (tertiary/aromatic N) is 2. The van der Waals surface area contributed by atoms with Gasteiger partial charge in [-0.15, -0.1) is 6.61 Å². The predicted octanol–water partition coefficient (Wildman–Crippen LogP) is 1.67. The molecule has 0 spiro atoms. The van der Waals surface area contributed by atoms with Crippen molar-refractivity contribution >= 4 is 27.7 Å². The Hall–Kier alpha value is -1.61. The Kier molecular flexibility index (Phi) is 8.79. The molecule has 35 heavy (non-hydrogen) atoms. The Balaban J connectivity index is 0.00000289. The second-order valence-electron chi connectivity index (χ2n) is 9.54. The van der Waals surface area contributed by atoms with E-state index in [2.05, 4.69) is 5.32 Å². The Labute approximate surface area is 247 Å². The summed E-state index contributed by atoms with van der Waals surface area (Å²) >= 11 is 0. The van der Waals surface area contributed by atoms with Crippen molar-refractivity contribution in [1.29, 1.82) is 0 Å². The van der Waals surface area contributed by atoms with E-state index in [9.17, 15) is 14.3 Å². The zero-order valence-electron chi connectivity index (χ0n) is 20.3. The summed E-state index contributed by atoms with van der Waals surface area (Å²) in [4.78, 5) is 18.1. The molecule has 2 aromatic heterocycles. The SMILES string of the molecule is CC(NC(=O)c1cc(F)cc2ccn(Cc3ccc4ccccc4n3)c12)C1CCC(C[O-])CC1.[K+]. The number of hydrogen-bond acceptors (Lipinski definition) is 3. The number of carbonyl (C=O) groups is 1. The van der Waals surface area contributed by atoms with E-state index in [1.165, 1.54) is 12.1 Å². The van der Waals surface area contributed by atoms with E-state index in [1.54, 1.807) is 0 Å². The summed E-state index contributed by atoms with van der Waals surface area (Å²) in [6, 6.07) is 16.6. The zero-order valence-corrected chi connectivity index (χ0v) is 23.5. The van der Waals surface area contributed by atoms with Crippen LogP contribution in [0.4, 0.5) is 4.39 Å². The average Bonchev–Trinajstić information content (AvgIpc) is 3.25. The number of benzene rings is 2. The first-order chi connectivity index (χ1) is 16.5. The molecule has 1 amide bonds. The monoisotopic (exact) mass is 497 g/mol. The molecule has 2 aromatic carbocycles. The summed E-state index contributed by atoms with van der Waals surface area (Å²) in [5.74, 6) is -0.101. The Morgan fingerprint density at radius 3 is 2.66 bits per heavy atom. The summed E-state index contributed by atoms with van der Waals surface area (Å²) < 4.78 is 16.4. The molecule has 1 aliphatic rings. The molecule has 1 atom stereocenters. The summed E-state index contributed by atoms with van der Waals surface area (Å²) in [5, 5.41) is 16.0. The van der Waals surface area contributed by atoms with Crippen LogP contribution < -0.4 is 61.8 Å². The normalized spacial score (nSPS) is 18.8. The Morgan fingerprint density at radius 2 is 1.89 bits per heavy atom. The third-order valence-corrected chi connectivity index (χ3v) is 7.25. The van der Waals surface area contributed by atoms with E-state index in [1.807, 2.05) is 60.2 Å². The van der Waals surface area contributed by atoms with Crippen LogP contribution in [0.3, 0.4) is 0 Å². The number of amides is 1. The fourth-order valence-electron chi connectivity index (χ4n) is 5.25. The first-order valence-corrected chi connectivity index (χ1v) is 12.0. The van der Waals surface area contributed by atoms with Crippen molar-refractivity contribution in [3.63, 3.8) is 0 Å². The van der Waals surface area contributed by atoms with Gasteiger partial charge in [-0.1, -0.05) is 43.0 Å². The second kappa shape index (κ2) is 11.6. The maximum atomic E-state index is 14.4. The largest absolute Gasteiger partial charge is 1.00 e. The topological polar surface area (TPSA) is 70.0 Å². The van der Waals surface area contributed by atoms with Gasteiger partial charge in [-0.3, -0.25) is 9.78 Å². The maximum absolute atomic E-state index is 14.4. The second-order valence-corrected chi connectivity index (χ2v) is 9.54. The number of para-hydroxylation sites is 1. The molecular formula is C28H29FKN3O2. The van der Waals surface area contributed by atoms with Crippen molar-refractivity contribution in [3.05, 3.63) is 77.9 Å². The van der Waals surface area contributed by atoms with E-state index in [0.29, 0.717) is 28.9 Å². The van der Waals surface area contributed by atoms with Crippen LogP contribution in [0.5, 0.6) is 0 Å². The van der Waals surface area contributed by atoms with Gasteiger partial charge in [0, 0.05) is 23.0 Å². The number of rotatable bonds is 6. The molecule has 1 fully saturated rings. The third kappa shape index (κ3) is 5.87. The third-order valence-electron chi connectivity index (χ3n) is 7.25. The predicted molar refractivity (Wildman–Crippen MR) is 130 cm³/mol. The molecule has 1 unspecified atom stereocenters. The number of halogens is 1. The van der Waals surface area contributed by atoms with Gasteiger partial charge in [0.15, 0.2) is 0 Å². The summed E-state index contributed by atoms with van der Waals surface area (Å²) in [7, 11) is 0. The standard InChI is InChI=1S/C28H29FN3O2.K/c1-18(20-8-6-19(17-33)7-9-20)30-28(34)25-15-23(29)14-22-12-13-32(27(22)25)16-24-11-10-21-4-2-3-5-26(21)31-24;/h2-5,10-15,18-20H,6-9,16-17H2,1H3,(H,30,34);/q-1;+1. The number of pyridine rings is 1. The molecule has 0 saturated heterocycles. The number of hydrogen-bond donors (Lipinski definition) is 1. The molecule has 176 valence electrons. The quantitative estimate of drug-likeness (QED) is 0.412. The van der Waals surface area contributed by atoms with Gasteiger partial charge in [0.25, 0.3) is 5.91 Å². The molecule has 7 heteroatoms. The van der Waals surface area contributed by atoms with Gasteiger partial charge in [0.05, 0.1) is 28.8 Å². The van der Waals surface area contributed by atoms with Gasteiger partial charge >= 0.3 is 51.4 Å². The molecule has 0 aliphatic heterocycles. The smallest absolute Gasteiger partial charge is 0.854 e. The van der Waals surface area contributed by atoms with Crippen LogP contribution in [0.15, 0.2) is 60.8 Å². The van der Waals surface area contributed by atoms with Crippen LogP contribution in [-0.4, -0.2) is 28.1 Å². The molecule has 1 N–H and O–H groups in total. The number of nitrogens with one attached hydrogen (secondary N) is 1. The van der Waals surface area contributed by atoms with Crippen LogP contribution in [0.25, 0.3) is 21.8 Å². The van der Waals surface area contributed by atoms with Gasteiger partial charge in [-0.05, 0) is 56.0 Å². The van der Waals surface area contributed by atoms with E-state index in [4.69, 9.17) is 4.98 Å². The van der Waals surface area contributed by atoms with Crippen LogP contribution in [0, 0.1) is 17.7 Å². The maximum Gasteiger partial charge on any atom is 1.00 e. The van der Waals surface area contributed by atoms with E-state index >= 15 is 0 Å². The number of carbonyl (C=O) groups excluding carboxylic acids is 1. The minimum atomic E-state index is -0.428. The molecular weight excluding hydrogens is 468 g/mol. The first-order valence-electron chi connectivity index (χ1n) is 12.0. The summed E-state index contributed by atoms with van der Waals surface area (Å²) in [6.07, 6.45) is 5.60. The van der Waals surface area contributed by atoms with Crippen molar-refractivity contribution in [1.82, 2.24) is 14.9 Å². The fraction of sp³-hybridized carbons (Fsp3) is 0.357. The molecule has 0 bridgehead atoms. The van der Waals surface area contributed by atoms with Gasteiger partial charge in [0.1, 0.15) is 5.82 Å². The van der Waals surface area contributed by atoms with Crippen molar-refractivity contribution in [3.8, 4) is 0 Å². The van der Waals surface area contributed by atoms with Crippen LogP contribution in [0.2, 0.25) is 0 Å². The summed E-state index contributed by atoms with van der Waals surface area (Å²) in [6.45, 7) is 2.47. The first kappa shape index (κ1) is 26.4. The molecule has 0 radical (unpaired) electrons. The van der Waals surface area contributed by atoms with Crippen molar-refractivity contribution < 1.29 is 65.7 Å². The van der Waals surface area contributed by atoms with E-state index in [-0.39, 0.29) is 75.9 Å². The molecule has 4 aromatic rings. The fourth-order valence-corrected chi connectivity index (χ4v) is 5.25. The van der Waals surface area contributed by atoms with Gasteiger partial charge in [-0.25, -0.2) is 4.39 Å². The average molecular weight is 498 g/mol. The van der Waals surface area contributed by atoms with Gasteiger partial charge < -0.3 is 15.0 Å². The van der Waals surface area contributed by atoms with Crippen molar-refractivity contribution in [2.75, 3.05) is 6.61 Å². The van der Waals surface area contributed by atoms with Crippen molar-refractivity contribution in [2.24, 2.45) is 11.8 Å². The summed E-state index contributed by atoms with van der Waals surface area (Å²) in [5.41, 5.74) is 2.83. The molecule has 5 nitrogen and oxygen atoms in total. The Morgan fingerprint density at radius 1 is 1.11 bits per heavy atom. The van der Waals surface area contributed by atoms with Crippen LogP contribution in [0.1, 0.15) is 48.7 Å². The Bertz CT molecular complexity index is 1330. The van der Waals surface area contributed by atoms with Gasteiger partial charge in [0.2, 0.25) is 0 Å². The zero-order chi connectivity index (χ0) is 23.7. The molecule has 1 saturated carbocycles. The molecule has 1 aliphatic carbocycles. The van der Waals surface area contributed by atoms with Gasteiger partial charge in [-0.2, -0.15) is 0 Å². The van der Waals surface area contributed by atoms with Crippen molar-refractivity contribution in [2.45, 2.75) is 45.2 Å².